The highest BCUT2D eigenvalue weighted by atomic mass is 16.5. The van der Waals surface area contributed by atoms with Crippen molar-refractivity contribution in [2.24, 2.45) is 0 Å². The first-order valence-corrected chi connectivity index (χ1v) is 6.38. The van der Waals surface area contributed by atoms with E-state index in [1.165, 1.54) is 0 Å². The number of amides is 1. The zero-order valence-electron chi connectivity index (χ0n) is 11.4. The third kappa shape index (κ3) is 5.19. The number of likely N-dealkylation sites (N-methyl/N-ethyl adjacent to an activating group) is 1. The summed E-state index contributed by atoms with van der Waals surface area (Å²) in [6, 6.07) is 7.64. The topological polar surface area (TPSA) is 41.6 Å². The molecule has 100 valence electrons. The highest BCUT2D eigenvalue weighted by Crippen LogP contribution is 2.09. The van der Waals surface area contributed by atoms with Crippen LogP contribution >= 0.6 is 0 Å². The number of nitrogens with zero attached hydrogens (tertiary/aromatic N) is 1. The Hall–Kier alpha value is -1.55. The molecule has 0 aliphatic rings. The van der Waals surface area contributed by atoms with E-state index in [2.05, 4.69) is 24.1 Å². The van der Waals surface area contributed by atoms with Gasteiger partial charge in [-0.2, -0.15) is 0 Å². The summed E-state index contributed by atoms with van der Waals surface area (Å²) in [5, 5.41) is 2.71. The van der Waals surface area contributed by atoms with E-state index in [1.54, 1.807) is 0 Å². The number of benzene rings is 1. The summed E-state index contributed by atoms with van der Waals surface area (Å²) in [4.78, 5) is 13.7. The minimum absolute atomic E-state index is 0.396. The first-order valence-electron chi connectivity index (χ1n) is 6.38. The van der Waals surface area contributed by atoms with Crippen LogP contribution in [0.4, 0.5) is 10.5 Å². The minimum atomic E-state index is -0.396. The van der Waals surface area contributed by atoms with Crippen LogP contribution in [-0.2, 0) is 4.74 Å². The van der Waals surface area contributed by atoms with E-state index in [0.717, 1.165) is 30.9 Å². The molecular formula is C14H22N2O2. The molecule has 1 amide bonds. The maximum Gasteiger partial charge on any atom is 0.411 e. The highest BCUT2D eigenvalue weighted by Gasteiger charge is 2.04. The number of carbonyl (C=O) groups is 1. The molecule has 0 fully saturated rings. The van der Waals surface area contributed by atoms with Crippen molar-refractivity contribution in [3.05, 3.63) is 29.8 Å². The summed E-state index contributed by atoms with van der Waals surface area (Å²) in [5.41, 5.74) is 1.87. The Morgan fingerprint density at radius 2 is 2.06 bits per heavy atom. The Morgan fingerprint density at radius 3 is 2.67 bits per heavy atom. The molecule has 0 heterocycles. The van der Waals surface area contributed by atoms with Crippen LogP contribution in [0.25, 0.3) is 0 Å². The summed E-state index contributed by atoms with van der Waals surface area (Å²) in [5.74, 6) is 0. The molecule has 0 aliphatic heterocycles. The minimum Gasteiger partial charge on any atom is -0.448 e. The molecule has 4 nitrogen and oxygen atoms in total. The van der Waals surface area contributed by atoms with Gasteiger partial charge in [0.05, 0.1) is 0 Å². The summed E-state index contributed by atoms with van der Waals surface area (Å²) in [6.07, 6.45) is -0.396. The average molecular weight is 250 g/mol. The van der Waals surface area contributed by atoms with E-state index in [-0.39, 0.29) is 0 Å². The van der Waals surface area contributed by atoms with Gasteiger partial charge in [0.25, 0.3) is 0 Å². The molecule has 0 atom stereocenters. The van der Waals surface area contributed by atoms with Gasteiger partial charge in [-0.1, -0.05) is 26.0 Å². The molecule has 0 radical (unpaired) electrons. The molecule has 1 aromatic rings. The predicted molar refractivity (Wildman–Crippen MR) is 73.9 cm³/mol. The molecule has 1 aromatic carbocycles. The van der Waals surface area contributed by atoms with Crippen molar-refractivity contribution in [1.82, 2.24) is 4.90 Å². The van der Waals surface area contributed by atoms with E-state index in [0.29, 0.717) is 6.61 Å². The van der Waals surface area contributed by atoms with Crippen LogP contribution in [0.2, 0.25) is 0 Å². The molecule has 1 rings (SSSR count). The predicted octanol–water partition coefficient (Wildman–Crippen LogP) is 2.89. The Bertz CT molecular complexity index is 376. The van der Waals surface area contributed by atoms with E-state index in [4.69, 9.17) is 4.74 Å². The lowest BCUT2D eigenvalue weighted by molar-refractivity contribution is 0.142. The van der Waals surface area contributed by atoms with Crippen molar-refractivity contribution < 1.29 is 9.53 Å². The van der Waals surface area contributed by atoms with Crippen LogP contribution in [0.5, 0.6) is 0 Å². The number of hydrogen-bond donors (Lipinski definition) is 1. The van der Waals surface area contributed by atoms with E-state index in [1.807, 2.05) is 31.2 Å². The maximum absolute atomic E-state index is 11.5. The van der Waals surface area contributed by atoms with Crippen LogP contribution in [0.1, 0.15) is 19.4 Å². The first-order chi connectivity index (χ1) is 8.65. The van der Waals surface area contributed by atoms with Gasteiger partial charge in [-0.25, -0.2) is 4.79 Å². The van der Waals surface area contributed by atoms with Crippen LogP contribution in [0.15, 0.2) is 24.3 Å². The summed E-state index contributed by atoms with van der Waals surface area (Å²) in [6.45, 7) is 9.30. The molecule has 0 bridgehead atoms. The van der Waals surface area contributed by atoms with E-state index < -0.39 is 6.09 Å². The normalized spacial score (nSPS) is 10.4. The summed E-state index contributed by atoms with van der Waals surface area (Å²) < 4.78 is 5.13. The molecule has 0 unspecified atom stereocenters. The van der Waals surface area contributed by atoms with Gasteiger partial charge in [0.15, 0.2) is 0 Å². The van der Waals surface area contributed by atoms with Crippen molar-refractivity contribution in [3.8, 4) is 0 Å². The molecule has 0 saturated carbocycles. The average Bonchev–Trinajstić information content (AvgIpc) is 2.34. The zero-order valence-corrected chi connectivity index (χ0v) is 11.4. The van der Waals surface area contributed by atoms with Gasteiger partial charge in [-0.05, 0) is 37.7 Å². The number of anilines is 1. The molecule has 0 aromatic heterocycles. The lowest BCUT2D eigenvalue weighted by Crippen LogP contribution is -2.28. The Kier molecular flexibility index (Phi) is 6.22. The molecule has 1 N–H and O–H groups in total. The second-order valence-corrected chi connectivity index (χ2v) is 4.16. The van der Waals surface area contributed by atoms with Crippen LogP contribution in [0.3, 0.4) is 0 Å². The Balaban J connectivity index is 2.29. The lowest BCUT2D eigenvalue weighted by atomic mass is 10.2. The third-order valence-electron chi connectivity index (χ3n) is 2.80. The van der Waals surface area contributed by atoms with E-state index >= 15 is 0 Å². The van der Waals surface area contributed by atoms with Crippen molar-refractivity contribution >= 4 is 11.8 Å². The number of hydrogen-bond acceptors (Lipinski definition) is 3. The number of aryl methyl sites for hydroxylation is 1. The third-order valence-corrected chi connectivity index (χ3v) is 2.80. The molecule has 18 heavy (non-hydrogen) atoms. The largest absolute Gasteiger partial charge is 0.448 e. The van der Waals surface area contributed by atoms with Crippen LogP contribution in [0, 0.1) is 6.92 Å². The van der Waals surface area contributed by atoms with Crippen molar-refractivity contribution in [1.29, 1.82) is 0 Å². The smallest absolute Gasteiger partial charge is 0.411 e. The van der Waals surface area contributed by atoms with Crippen LogP contribution < -0.4 is 5.32 Å². The highest BCUT2D eigenvalue weighted by molar-refractivity contribution is 5.84. The zero-order chi connectivity index (χ0) is 13.4. The summed E-state index contributed by atoms with van der Waals surface area (Å²) in [7, 11) is 0. The second kappa shape index (κ2) is 7.71. The Labute approximate surface area is 109 Å². The van der Waals surface area contributed by atoms with Gasteiger partial charge in [0.2, 0.25) is 0 Å². The van der Waals surface area contributed by atoms with Gasteiger partial charge >= 0.3 is 6.09 Å². The molecule has 0 spiro atoms. The summed E-state index contributed by atoms with van der Waals surface area (Å²) >= 11 is 0. The number of nitrogens with one attached hydrogen (secondary N) is 1. The fraction of sp³-hybridized carbons (Fsp3) is 0.500. The number of carbonyl (C=O) groups excluding carboxylic acids is 1. The number of ether oxygens (including phenoxy) is 1. The van der Waals surface area contributed by atoms with Gasteiger partial charge in [-0.3, -0.25) is 5.32 Å². The van der Waals surface area contributed by atoms with E-state index in [9.17, 15) is 4.79 Å². The second-order valence-electron chi connectivity index (χ2n) is 4.16. The monoisotopic (exact) mass is 250 g/mol. The quantitative estimate of drug-likeness (QED) is 0.844. The van der Waals surface area contributed by atoms with Gasteiger partial charge < -0.3 is 9.64 Å². The van der Waals surface area contributed by atoms with Crippen molar-refractivity contribution in [2.45, 2.75) is 20.8 Å². The van der Waals surface area contributed by atoms with Gasteiger partial charge in [0.1, 0.15) is 6.61 Å². The van der Waals surface area contributed by atoms with Gasteiger partial charge in [0, 0.05) is 12.2 Å². The number of rotatable bonds is 6. The molecule has 4 heteroatoms. The van der Waals surface area contributed by atoms with Crippen molar-refractivity contribution in [3.63, 3.8) is 0 Å². The Morgan fingerprint density at radius 1 is 1.33 bits per heavy atom. The lowest BCUT2D eigenvalue weighted by Gasteiger charge is -2.17. The van der Waals surface area contributed by atoms with Gasteiger partial charge in [-0.15, -0.1) is 0 Å². The first kappa shape index (κ1) is 14.5. The van der Waals surface area contributed by atoms with Crippen LogP contribution in [-0.4, -0.2) is 37.2 Å². The fourth-order valence-electron chi connectivity index (χ4n) is 1.68. The molecule has 0 saturated heterocycles. The SMILES string of the molecule is CCN(CC)CCOC(=O)Nc1cccc(C)c1. The maximum atomic E-state index is 11.5. The standard InChI is InChI=1S/C14H22N2O2/c1-4-16(5-2)9-10-18-14(17)15-13-8-6-7-12(3)11-13/h6-8,11H,4-5,9-10H2,1-3H3,(H,15,17). The fourth-order valence-corrected chi connectivity index (χ4v) is 1.68. The van der Waals surface area contributed by atoms with Crippen molar-refractivity contribution in [2.75, 3.05) is 31.6 Å². The molecule has 0 aliphatic carbocycles. The molecular weight excluding hydrogens is 228 g/mol.